The number of hydrogen-bond donors (Lipinski definition) is 1. The standard InChI is InChI=1S/C24H30N2O5S/c1-2-31-24(28)20-12-14-22(15-13-20)25-23(27)21-11-6-16-26(18-21)32(29,30)17-7-10-19-8-4-3-5-9-19/h3-5,8-9,12-15,21H,2,6-7,10-11,16-18H2,1H3,(H,25,27)/t21-/m0/s1. The van der Waals surface area contributed by atoms with Crippen molar-refractivity contribution in [3.63, 3.8) is 0 Å². The first kappa shape index (κ1) is 23.9. The summed E-state index contributed by atoms with van der Waals surface area (Å²) in [6, 6.07) is 16.3. The van der Waals surface area contributed by atoms with Gasteiger partial charge in [0.1, 0.15) is 0 Å². The maximum atomic E-state index is 12.8. The average Bonchev–Trinajstić information content (AvgIpc) is 2.80. The van der Waals surface area contributed by atoms with Crippen LogP contribution in [0.4, 0.5) is 5.69 Å². The first-order valence-electron chi connectivity index (χ1n) is 11.0. The van der Waals surface area contributed by atoms with Crippen LogP contribution in [-0.4, -0.2) is 50.0 Å². The largest absolute Gasteiger partial charge is 0.462 e. The van der Waals surface area contributed by atoms with E-state index in [0.29, 0.717) is 50.1 Å². The highest BCUT2D eigenvalue weighted by atomic mass is 32.2. The molecule has 0 aliphatic carbocycles. The van der Waals surface area contributed by atoms with E-state index >= 15 is 0 Å². The zero-order valence-electron chi connectivity index (χ0n) is 18.3. The fraction of sp³-hybridized carbons (Fsp3) is 0.417. The van der Waals surface area contributed by atoms with Crippen molar-refractivity contribution in [1.82, 2.24) is 4.31 Å². The van der Waals surface area contributed by atoms with Gasteiger partial charge in [-0.25, -0.2) is 17.5 Å². The summed E-state index contributed by atoms with van der Waals surface area (Å²) in [6.45, 7) is 2.68. The monoisotopic (exact) mass is 458 g/mol. The summed E-state index contributed by atoms with van der Waals surface area (Å²) < 4.78 is 32.0. The van der Waals surface area contributed by atoms with Gasteiger partial charge >= 0.3 is 5.97 Å². The first-order valence-corrected chi connectivity index (χ1v) is 12.6. The molecule has 2 aromatic carbocycles. The van der Waals surface area contributed by atoms with E-state index in [1.807, 2.05) is 30.3 Å². The molecule has 2 aromatic rings. The summed E-state index contributed by atoms with van der Waals surface area (Å²) >= 11 is 0. The van der Waals surface area contributed by atoms with Gasteiger partial charge in [0, 0.05) is 18.8 Å². The highest BCUT2D eigenvalue weighted by molar-refractivity contribution is 7.89. The number of rotatable bonds is 9. The fourth-order valence-electron chi connectivity index (χ4n) is 3.79. The molecule has 172 valence electrons. The van der Waals surface area contributed by atoms with Gasteiger partial charge in [-0.2, -0.15) is 0 Å². The predicted molar refractivity (Wildman–Crippen MR) is 124 cm³/mol. The minimum Gasteiger partial charge on any atom is -0.462 e. The Labute approximate surface area is 189 Å². The number of aryl methyl sites for hydroxylation is 1. The molecule has 32 heavy (non-hydrogen) atoms. The Bertz CT molecular complexity index is 1010. The van der Waals surface area contributed by atoms with Crippen LogP contribution >= 0.6 is 0 Å². The number of ether oxygens (including phenoxy) is 1. The highest BCUT2D eigenvalue weighted by Crippen LogP contribution is 2.22. The van der Waals surface area contributed by atoms with Crippen molar-refractivity contribution in [3.8, 4) is 0 Å². The zero-order chi connectivity index (χ0) is 23.0. The number of sulfonamides is 1. The molecule has 1 amide bonds. The molecule has 0 aromatic heterocycles. The lowest BCUT2D eigenvalue weighted by molar-refractivity contribution is -0.120. The maximum absolute atomic E-state index is 12.8. The van der Waals surface area contributed by atoms with Crippen LogP contribution in [0.1, 0.15) is 42.1 Å². The number of anilines is 1. The van der Waals surface area contributed by atoms with Gasteiger partial charge in [-0.1, -0.05) is 30.3 Å². The average molecular weight is 459 g/mol. The van der Waals surface area contributed by atoms with Gasteiger partial charge in [-0.05, 0) is 62.4 Å². The molecule has 1 aliphatic rings. The number of carbonyl (C=O) groups excluding carboxylic acids is 2. The van der Waals surface area contributed by atoms with Gasteiger partial charge in [-0.15, -0.1) is 0 Å². The van der Waals surface area contributed by atoms with Crippen molar-refractivity contribution in [2.24, 2.45) is 5.92 Å². The van der Waals surface area contributed by atoms with Crippen LogP contribution in [0.2, 0.25) is 0 Å². The van der Waals surface area contributed by atoms with Gasteiger partial charge in [0.2, 0.25) is 15.9 Å². The molecule has 3 rings (SSSR count). The zero-order valence-corrected chi connectivity index (χ0v) is 19.1. The molecular weight excluding hydrogens is 428 g/mol. The number of nitrogens with zero attached hydrogens (tertiary/aromatic N) is 1. The van der Waals surface area contributed by atoms with Gasteiger partial charge in [-0.3, -0.25) is 4.79 Å². The molecule has 1 aliphatic heterocycles. The quantitative estimate of drug-likeness (QED) is 0.581. The van der Waals surface area contributed by atoms with Crippen molar-refractivity contribution in [2.75, 3.05) is 30.8 Å². The van der Waals surface area contributed by atoms with E-state index in [-0.39, 0.29) is 18.2 Å². The number of nitrogens with one attached hydrogen (secondary N) is 1. The first-order chi connectivity index (χ1) is 15.4. The SMILES string of the molecule is CCOC(=O)c1ccc(NC(=O)[C@H]2CCCN(S(=O)(=O)CCCc3ccccc3)C2)cc1. The summed E-state index contributed by atoms with van der Waals surface area (Å²) in [5, 5.41) is 2.83. The van der Waals surface area contributed by atoms with Crippen molar-refractivity contribution in [1.29, 1.82) is 0 Å². The third kappa shape index (κ3) is 6.64. The van der Waals surface area contributed by atoms with Crippen molar-refractivity contribution >= 4 is 27.6 Å². The molecule has 1 N–H and O–H groups in total. The topological polar surface area (TPSA) is 92.8 Å². The molecule has 1 atom stereocenters. The minimum atomic E-state index is -3.41. The second kappa shape index (κ2) is 11.2. The molecule has 0 radical (unpaired) electrons. The van der Waals surface area contributed by atoms with Crippen molar-refractivity contribution in [3.05, 3.63) is 65.7 Å². The van der Waals surface area contributed by atoms with E-state index in [1.165, 1.54) is 4.31 Å². The lowest BCUT2D eigenvalue weighted by Crippen LogP contribution is -2.44. The Morgan fingerprint density at radius 2 is 1.81 bits per heavy atom. The summed E-state index contributed by atoms with van der Waals surface area (Å²) in [5.41, 5.74) is 2.09. The third-order valence-corrected chi connectivity index (χ3v) is 7.45. The Kier molecular flexibility index (Phi) is 8.41. The number of amides is 1. The second-order valence-electron chi connectivity index (χ2n) is 7.89. The van der Waals surface area contributed by atoms with Gasteiger partial charge in [0.05, 0.1) is 23.8 Å². The number of hydrogen-bond acceptors (Lipinski definition) is 5. The molecule has 0 spiro atoms. The number of esters is 1. The Morgan fingerprint density at radius 3 is 2.50 bits per heavy atom. The van der Waals surface area contributed by atoms with E-state index in [4.69, 9.17) is 4.74 Å². The number of benzene rings is 2. The molecule has 0 unspecified atom stereocenters. The Morgan fingerprint density at radius 1 is 1.09 bits per heavy atom. The van der Waals surface area contributed by atoms with E-state index in [9.17, 15) is 18.0 Å². The summed E-state index contributed by atoms with van der Waals surface area (Å²) in [5.74, 6) is -0.952. The summed E-state index contributed by atoms with van der Waals surface area (Å²) in [6.07, 6.45) is 2.55. The lowest BCUT2D eigenvalue weighted by Gasteiger charge is -2.31. The summed E-state index contributed by atoms with van der Waals surface area (Å²) in [4.78, 5) is 24.5. The van der Waals surface area contributed by atoms with Crippen LogP contribution in [0.25, 0.3) is 0 Å². The van der Waals surface area contributed by atoms with E-state index in [0.717, 1.165) is 5.56 Å². The van der Waals surface area contributed by atoms with Crippen LogP contribution in [-0.2, 0) is 26.0 Å². The Hall–Kier alpha value is -2.71. The maximum Gasteiger partial charge on any atom is 0.338 e. The highest BCUT2D eigenvalue weighted by Gasteiger charge is 2.32. The molecule has 1 fully saturated rings. The molecule has 1 saturated heterocycles. The van der Waals surface area contributed by atoms with Crippen molar-refractivity contribution in [2.45, 2.75) is 32.6 Å². The van der Waals surface area contributed by atoms with Crippen molar-refractivity contribution < 1.29 is 22.7 Å². The smallest absolute Gasteiger partial charge is 0.338 e. The predicted octanol–water partition coefficient (Wildman–Crippen LogP) is 3.48. The van der Waals surface area contributed by atoms with E-state index in [2.05, 4.69) is 5.32 Å². The molecule has 7 nitrogen and oxygen atoms in total. The van der Waals surface area contributed by atoms with Crippen LogP contribution in [0, 0.1) is 5.92 Å². The molecule has 1 heterocycles. The number of piperidine rings is 1. The minimum absolute atomic E-state index is 0.0750. The van der Waals surface area contributed by atoms with E-state index < -0.39 is 21.9 Å². The van der Waals surface area contributed by atoms with Crippen LogP contribution in [0.3, 0.4) is 0 Å². The van der Waals surface area contributed by atoms with E-state index in [1.54, 1.807) is 31.2 Å². The Balaban J connectivity index is 1.52. The van der Waals surface area contributed by atoms with Crippen LogP contribution in [0.5, 0.6) is 0 Å². The van der Waals surface area contributed by atoms with Gasteiger partial charge in [0.25, 0.3) is 0 Å². The lowest BCUT2D eigenvalue weighted by atomic mass is 9.98. The molecule has 0 bridgehead atoms. The van der Waals surface area contributed by atoms with Gasteiger partial charge < -0.3 is 10.1 Å². The molecule has 0 saturated carbocycles. The normalized spacial score (nSPS) is 17.0. The second-order valence-corrected chi connectivity index (χ2v) is 9.98. The third-order valence-electron chi connectivity index (χ3n) is 5.52. The summed E-state index contributed by atoms with van der Waals surface area (Å²) in [7, 11) is -3.41. The molecular formula is C24H30N2O5S. The van der Waals surface area contributed by atoms with Crippen LogP contribution in [0.15, 0.2) is 54.6 Å². The number of carbonyl (C=O) groups is 2. The van der Waals surface area contributed by atoms with Crippen LogP contribution < -0.4 is 5.32 Å². The van der Waals surface area contributed by atoms with Gasteiger partial charge in [0.15, 0.2) is 0 Å². The molecule has 8 heteroatoms. The fourth-order valence-corrected chi connectivity index (χ4v) is 5.37.